The Morgan fingerprint density at radius 2 is 2.33 bits per heavy atom. The predicted octanol–water partition coefficient (Wildman–Crippen LogP) is 0.355. The SMILES string of the molecule is CCn1ncnc1Cn1cnc(C=O)c1. The molecule has 0 saturated carbocycles. The molecule has 15 heavy (non-hydrogen) atoms. The Balaban J connectivity index is 2.17. The van der Waals surface area contributed by atoms with Crippen molar-refractivity contribution in [3.05, 3.63) is 30.4 Å². The molecule has 2 aromatic rings. The summed E-state index contributed by atoms with van der Waals surface area (Å²) in [6.07, 6.45) is 5.54. The van der Waals surface area contributed by atoms with E-state index in [4.69, 9.17) is 0 Å². The van der Waals surface area contributed by atoms with Crippen LogP contribution in [0.3, 0.4) is 0 Å². The van der Waals surface area contributed by atoms with Crippen molar-refractivity contribution in [3.8, 4) is 0 Å². The third-order valence-corrected chi connectivity index (χ3v) is 2.09. The van der Waals surface area contributed by atoms with Gasteiger partial charge in [-0.25, -0.2) is 14.6 Å². The van der Waals surface area contributed by atoms with E-state index in [1.54, 1.807) is 21.8 Å². The van der Waals surface area contributed by atoms with Gasteiger partial charge in [0.1, 0.15) is 17.8 Å². The molecule has 2 aromatic heterocycles. The van der Waals surface area contributed by atoms with Gasteiger partial charge in [0, 0.05) is 12.7 Å². The molecule has 2 rings (SSSR count). The molecule has 0 bridgehead atoms. The van der Waals surface area contributed by atoms with Gasteiger partial charge >= 0.3 is 0 Å². The van der Waals surface area contributed by atoms with Crippen LogP contribution in [0.4, 0.5) is 0 Å². The molecule has 0 spiro atoms. The lowest BCUT2D eigenvalue weighted by Crippen LogP contribution is -2.07. The minimum atomic E-state index is 0.428. The molecule has 6 heteroatoms. The van der Waals surface area contributed by atoms with Crippen LogP contribution in [0.5, 0.6) is 0 Å². The third kappa shape index (κ3) is 1.93. The highest BCUT2D eigenvalue weighted by Crippen LogP contribution is 2.00. The average molecular weight is 205 g/mol. The maximum Gasteiger partial charge on any atom is 0.169 e. The van der Waals surface area contributed by atoms with Gasteiger partial charge in [0.15, 0.2) is 6.29 Å². The summed E-state index contributed by atoms with van der Waals surface area (Å²) in [7, 11) is 0. The zero-order chi connectivity index (χ0) is 10.7. The largest absolute Gasteiger partial charge is 0.329 e. The molecule has 0 aliphatic heterocycles. The minimum absolute atomic E-state index is 0.428. The highest BCUT2D eigenvalue weighted by molar-refractivity contribution is 5.70. The predicted molar refractivity (Wildman–Crippen MR) is 52.4 cm³/mol. The van der Waals surface area contributed by atoms with Gasteiger partial charge in [0.2, 0.25) is 0 Å². The Kier molecular flexibility index (Phi) is 2.57. The Morgan fingerprint density at radius 3 is 3.00 bits per heavy atom. The summed E-state index contributed by atoms with van der Waals surface area (Å²) in [6.45, 7) is 3.36. The highest BCUT2D eigenvalue weighted by atomic mass is 16.1. The first-order valence-electron chi connectivity index (χ1n) is 4.67. The molecule has 0 atom stereocenters. The zero-order valence-corrected chi connectivity index (χ0v) is 8.37. The van der Waals surface area contributed by atoms with Crippen LogP contribution in [0.15, 0.2) is 18.9 Å². The van der Waals surface area contributed by atoms with Crippen molar-refractivity contribution < 1.29 is 4.79 Å². The van der Waals surface area contributed by atoms with E-state index in [-0.39, 0.29) is 0 Å². The van der Waals surface area contributed by atoms with Crippen LogP contribution in [0.25, 0.3) is 0 Å². The van der Waals surface area contributed by atoms with Crippen molar-refractivity contribution in [3.63, 3.8) is 0 Å². The normalized spacial score (nSPS) is 10.5. The molecule has 0 fully saturated rings. The second-order valence-corrected chi connectivity index (χ2v) is 3.08. The summed E-state index contributed by atoms with van der Waals surface area (Å²) in [5.41, 5.74) is 0.428. The fourth-order valence-electron chi connectivity index (χ4n) is 1.36. The molecule has 2 heterocycles. The molecule has 6 nitrogen and oxygen atoms in total. The van der Waals surface area contributed by atoms with Gasteiger partial charge in [-0.1, -0.05) is 0 Å². The van der Waals surface area contributed by atoms with Crippen LogP contribution in [0, 0.1) is 0 Å². The van der Waals surface area contributed by atoms with Gasteiger partial charge in [-0.05, 0) is 6.92 Å². The second kappa shape index (κ2) is 4.04. The molecule has 0 amide bonds. The molecule has 0 radical (unpaired) electrons. The smallest absolute Gasteiger partial charge is 0.169 e. The number of carbonyl (C=O) groups excluding carboxylic acids is 1. The Bertz CT molecular complexity index is 459. The number of aldehydes is 1. The van der Waals surface area contributed by atoms with Gasteiger partial charge in [-0.3, -0.25) is 4.79 Å². The Labute approximate surface area is 86.6 Å². The number of hydrogen-bond donors (Lipinski definition) is 0. The fourth-order valence-corrected chi connectivity index (χ4v) is 1.36. The van der Waals surface area contributed by atoms with E-state index in [1.165, 1.54) is 6.33 Å². The molecule has 0 aliphatic rings. The monoisotopic (exact) mass is 205 g/mol. The third-order valence-electron chi connectivity index (χ3n) is 2.09. The van der Waals surface area contributed by atoms with E-state index in [0.717, 1.165) is 18.7 Å². The van der Waals surface area contributed by atoms with Crippen molar-refractivity contribution >= 4 is 6.29 Å². The van der Waals surface area contributed by atoms with Gasteiger partial charge in [0.05, 0.1) is 12.9 Å². The maximum absolute atomic E-state index is 10.4. The lowest BCUT2D eigenvalue weighted by Gasteiger charge is -2.02. The van der Waals surface area contributed by atoms with Crippen molar-refractivity contribution in [2.24, 2.45) is 0 Å². The quantitative estimate of drug-likeness (QED) is 0.676. The van der Waals surface area contributed by atoms with Crippen LogP contribution in [0.2, 0.25) is 0 Å². The van der Waals surface area contributed by atoms with Gasteiger partial charge < -0.3 is 4.57 Å². The summed E-state index contributed by atoms with van der Waals surface area (Å²) >= 11 is 0. The topological polar surface area (TPSA) is 65.6 Å². The first-order chi connectivity index (χ1) is 7.33. The molecule has 0 aromatic carbocycles. The molecule has 0 N–H and O–H groups in total. The van der Waals surface area contributed by atoms with E-state index >= 15 is 0 Å². The number of rotatable bonds is 4. The van der Waals surface area contributed by atoms with Crippen LogP contribution < -0.4 is 0 Å². The lowest BCUT2D eigenvalue weighted by molar-refractivity contribution is 0.111. The van der Waals surface area contributed by atoms with Crippen molar-refractivity contribution in [1.29, 1.82) is 0 Å². The summed E-state index contributed by atoms with van der Waals surface area (Å²) in [5, 5.41) is 4.06. The molecular weight excluding hydrogens is 194 g/mol. The number of imidazole rings is 1. The van der Waals surface area contributed by atoms with E-state index < -0.39 is 0 Å². The summed E-state index contributed by atoms with van der Waals surface area (Å²) in [6, 6.07) is 0. The molecular formula is C9H11N5O. The van der Waals surface area contributed by atoms with Crippen LogP contribution in [-0.2, 0) is 13.1 Å². The summed E-state index contributed by atoms with van der Waals surface area (Å²) in [4.78, 5) is 18.5. The van der Waals surface area contributed by atoms with E-state index in [0.29, 0.717) is 12.2 Å². The zero-order valence-electron chi connectivity index (χ0n) is 8.37. The summed E-state index contributed by atoms with van der Waals surface area (Å²) < 4.78 is 3.61. The number of carbonyl (C=O) groups is 1. The van der Waals surface area contributed by atoms with Crippen LogP contribution in [-0.4, -0.2) is 30.6 Å². The Hall–Kier alpha value is -1.98. The molecule has 0 aliphatic carbocycles. The molecule has 0 unspecified atom stereocenters. The van der Waals surface area contributed by atoms with Crippen LogP contribution >= 0.6 is 0 Å². The minimum Gasteiger partial charge on any atom is -0.329 e. The molecule has 78 valence electrons. The first-order valence-corrected chi connectivity index (χ1v) is 4.67. The fraction of sp³-hybridized carbons (Fsp3) is 0.333. The van der Waals surface area contributed by atoms with E-state index in [1.807, 2.05) is 6.92 Å². The molecule has 0 saturated heterocycles. The van der Waals surface area contributed by atoms with Crippen molar-refractivity contribution in [2.75, 3.05) is 0 Å². The second-order valence-electron chi connectivity index (χ2n) is 3.08. The maximum atomic E-state index is 10.4. The average Bonchev–Trinajstić information content (AvgIpc) is 2.87. The van der Waals surface area contributed by atoms with Gasteiger partial charge in [0.25, 0.3) is 0 Å². The van der Waals surface area contributed by atoms with Gasteiger partial charge in [-0.15, -0.1) is 0 Å². The Morgan fingerprint density at radius 1 is 1.47 bits per heavy atom. The standard InChI is InChI=1S/C9H11N5O/c1-2-14-9(10-6-12-14)4-13-3-8(5-15)11-7-13/h3,5-7H,2,4H2,1H3. The summed E-state index contributed by atoms with van der Waals surface area (Å²) in [5.74, 6) is 0.854. The van der Waals surface area contributed by atoms with Crippen molar-refractivity contribution in [2.45, 2.75) is 20.0 Å². The lowest BCUT2D eigenvalue weighted by atomic mass is 10.5. The number of hydrogen-bond acceptors (Lipinski definition) is 4. The van der Waals surface area contributed by atoms with Gasteiger partial charge in [-0.2, -0.15) is 5.10 Å². The number of aryl methyl sites for hydroxylation is 1. The number of aromatic nitrogens is 5. The number of nitrogens with zero attached hydrogens (tertiary/aromatic N) is 5. The van der Waals surface area contributed by atoms with Crippen molar-refractivity contribution in [1.82, 2.24) is 24.3 Å². The first kappa shape index (κ1) is 9.57. The van der Waals surface area contributed by atoms with E-state index in [9.17, 15) is 4.79 Å². The highest BCUT2D eigenvalue weighted by Gasteiger charge is 2.04. The van der Waals surface area contributed by atoms with Crippen LogP contribution in [0.1, 0.15) is 23.2 Å². The van der Waals surface area contributed by atoms with E-state index in [2.05, 4.69) is 15.1 Å².